The lowest BCUT2D eigenvalue weighted by atomic mass is 9.92. The molecule has 0 bridgehead atoms. The van der Waals surface area contributed by atoms with E-state index in [1.54, 1.807) is 0 Å². The first-order valence-electron chi connectivity index (χ1n) is 9.52. The van der Waals surface area contributed by atoms with Crippen molar-refractivity contribution in [3.8, 4) is 0 Å². The van der Waals surface area contributed by atoms with Gasteiger partial charge in [-0.25, -0.2) is 0 Å². The number of pyridine rings is 1. The number of unbranched alkanes of at least 4 members (excludes halogenated alkanes) is 1. The maximum absolute atomic E-state index is 12.9. The van der Waals surface area contributed by atoms with Crippen molar-refractivity contribution in [1.82, 2.24) is 4.98 Å². The number of H-pyrrole nitrogens is 1. The Bertz CT molecular complexity index is 965. The second kappa shape index (κ2) is 8.18. The summed E-state index contributed by atoms with van der Waals surface area (Å²) >= 11 is 0. The van der Waals surface area contributed by atoms with E-state index in [1.165, 1.54) is 5.56 Å². The van der Waals surface area contributed by atoms with Gasteiger partial charge in [-0.1, -0.05) is 87.9 Å². The molecule has 0 amide bonds. The summed E-state index contributed by atoms with van der Waals surface area (Å²) in [5.74, 6) is 0.308. The van der Waals surface area contributed by atoms with Crippen LogP contribution in [-0.4, -0.2) is 4.98 Å². The van der Waals surface area contributed by atoms with E-state index in [9.17, 15) is 4.79 Å². The number of hydrogen-bond acceptors (Lipinski definition) is 1. The van der Waals surface area contributed by atoms with E-state index in [2.05, 4.69) is 56.1 Å². The Balaban J connectivity index is 2.17. The molecule has 2 aromatic carbocycles. The zero-order valence-corrected chi connectivity index (χ0v) is 15.9. The van der Waals surface area contributed by atoms with Gasteiger partial charge < -0.3 is 4.98 Å². The monoisotopic (exact) mass is 345 g/mol. The Hall–Kier alpha value is -2.61. The van der Waals surface area contributed by atoms with Crippen molar-refractivity contribution in [2.45, 2.75) is 46.0 Å². The molecule has 26 heavy (non-hydrogen) atoms. The fourth-order valence-electron chi connectivity index (χ4n) is 3.49. The molecule has 134 valence electrons. The molecule has 0 saturated heterocycles. The molecule has 0 atom stereocenters. The van der Waals surface area contributed by atoms with Crippen LogP contribution in [0.1, 0.15) is 61.9 Å². The molecule has 0 aliphatic rings. The average Bonchev–Trinajstić information content (AvgIpc) is 2.66. The van der Waals surface area contributed by atoms with Crippen molar-refractivity contribution in [2.75, 3.05) is 0 Å². The third-order valence-corrected chi connectivity index (χ3v) is 4.83. The SMILES string of the molecule is CCCCc1c(C(C)C)[nH]c(=O)c2c(/C=C/c3ccccc3)cccc12. The quantitative estimate of drug-likeness (QED) is 0.533. The molecule has 2 heteroatoms. The van der Waals surface area contributed by atoms with Crippen molar-refractivity contribution >= 4 is 22.9 Å². The van der Waals surface area contributed by atoms with Crippen LogP contribution in [0, 0.1) is 0 Å². The standard InChI is InChI=1S/C24H27NO/c1-4-5-13-21-20-14-9-12-19(16-15-18-10-7-6-8-11-18)22(20)24(26)25-23(21)17(2)3/h6-12,14-17H,4-5,13H2,1-3H3,(H,25,26)/b16-15+. The molecule has 3 rings (SSSR count). The molecule has 1 aromatic heterocycles. The molecule has 3 aromatic rings. The second-order valence-corrected chi connectivity index (χ2v) is 7.12. The topological polar surface area (TPSA) is 32.9 Å². The third-order valence-electron chi connectivity index (χ3n) is 4.83. The summed E-state index contributed by atoms with van der Waals surface area (Å²) in [6.45, 7) is 6.49. The van der Waals surface area contributed by atoms with Gasteiger partial charge in [-0.2, -0.15) is 0 Å². The molecular formula is C24H27NO. The molecule has 1 N–H and O–H groups in total. The van der Waals surface area contributed by atoms with Crippen molar-refractivity contribution < 1.29 is 0 Å². The van der Waals surface area contributed by atoms with Crippen LogP contribution in [0.25, 0.3) is 22.9 Å². The lowest BCUT2D eigenvalue weighted by Crippen LogP contribution is -2.15. The van der Waals surface area contributed by atoms with Gasteiger partial charge >= 0.3 is 0 Å². The van der Waals surface area contributed by atoms with Crippen LogP contribution in [0.15, 0.2) is 53.3 Å². The van der Waals surface area contributed by atoms with E-state index in [0.717, 1.165) is 46.9 Å². The lowest BCUT2D eigenvalue weighted by Gasteiger charge is -2.16. The van der Waals surface area contributed by atoms with Gasteiger partial charge in [-0.3, -0.25) is 4.79 Å². The molecule has 0 fully saturated rings. The first-order valence-corrected chi connectivity index (χ1v) is 9.52. The minimum Gasteiger partial charge on any atom is -0.325 e. The Morgan fingerprint density at radius 1 is 1.00 bits per heavy atom. The Labute approximate surface area is 155 Å². The van der Waals surface area contributed by atoms with Crippen LogP contribution in [0.4, 0.5) is 0 Å². The lowest BCUT2D eigenvalue weighted by molar-refractivity contribution is 0.751. The Kier molecular flexibility index (Phi) is 5.72. The molecule has 0 unspecified atom stereocenters. The largest absolute Gasteiger partial charge is 0.325 e. The first-order chi connectivity index (χ1) is 12.6. The highest BCUT2D eigenvalue weighted by atomic mass is 16.1. The average molecular weight is 345 g/mol. The van der Waals surface area contributed by atoms with E-state index in [1.807, 2.05) is 30.3 Å². The summed E-state index contributed by atoms with van der Waals surface area (Å²) in [4.78, 5) is 16.0. The summed E-state index contributed by atoms with van der Waals surface area (Å²) in [5.41, 5.74) is 4.50. The number of fused-ring (bicyclic) bond motifs is 1. The number of rotatable bonds is 6. The van der Waals surface area contributed by atoms with E-state index in [0.29, 0.717) is 5.92 Å². The van der Waals surface area contributed by atoms with Crippen LogP contribution in [-0.2, 0) is 6.42 Å². The molecular weight excluding hydrogens is 318 g/mol. The van der Waals surface area contributed by atoms with Crippen molar-refractivity contribution in [2.24, 2.45) is 0 Å². The minimum atomic E-state index is 0.0114. The molecule has 2 nitrogen and oxygen atoms in total. The summed E-state index contributed by atoms with van der Waals surface area (Å²) in [5, 5.41) is 1.90. The zero-order valence-electron chi connectivity index (χ0n) is 15.9. The fourth-order valence-corrected chi connectivity index (χ4v) is 3.49. The third kappa shape index (κ3) is 3.80. The normalized spacial score (nSPS) is 11.7. The van der Waals surface area contributed by atoms with Crippen LogP contribution in [0.2, 0.25) is 0 Å². The maximum atomic E-state index is 12.9. The zero-order chi connectivity index (χ0) is 18.5. The van der Waals surface area contributed by atoms with Crippen LogP contribution in [0.3, 0.4) is 0 Å². The van der Waals surface area contributed by atoms with Gasteiger partial charge in [0.25, 0.3) is 5.56 Å². The summed E-state index contributed by atoms with van der Waals surface area (Å²) in [6.07, 6.45) is 7.39. The number of aryl methyl sites for hydroxylation is 1. The maximum Gasteiger partial charge on any atom is 0.256 e. The number of aromatic amines is 1. The van der Waals surface area contributed by atoms with Crippen LogP contribution < -0.4 is 5.56 Å². The van der Waals surface area contributed by atoms with Gasteiger partial charge in [0, 0.05) is 5.69 Å². The molecule has 0 radical (unpaired) electrons. The fraction of sp³-hybridized carbons (Fsp3) is 0.292. The van der Waals surface area contributed by atoms with Crippen LogP contribution >= 0.6 is 0 Å². The Morgan fingerprint density at radius 2 is 1.77 bits per heavy atom. The number of hydrogen-bond donors (Lipinski definition) is 1. The highest BCUT2D eigenvalue weighted by Gasteiger charge is 2.15. The molecule has 0 saturated carbocycles. The number of benzene rings is 2. The van der Waals surface area contributed by atoms with Crippen molar-refractivity contribution in [3.05, 3.63) is 81.3 Å². The summed E-state index contributed by atoms with van der Waals surface area (Å²) < 4.78 is 0. The van der Waals surface area contributed by atoms with E-state index >= 15 is 0 Å². The van der Waals surface area contributed by atoms with E-state index in [-0.39, 0.29) is 5.56 Å². The van der Waals surface area contributed by atoms with Gasteiger partial charge in [0.1, 0.15) is 0 Å². The van der Waals surface area contributed by atoms with E-state index < -0.39 is 0 Å². The predicted molar refractivity (Wildman–Crippen MR) is 113 cm³/mol. The first kappa shape index (κ1) is 18.2. The highest BCUT2D eigenvalue weighted by molar-refractivity contribution is 5.94. The van der Waals surface area contributed by atoms with Crippen LogP contribution in [0.5, 0.6) is 0 Å². The Morgan fingerprint density at radius 3 is 2.46 bits per heavy atom. The molecule has 0 aliphatic heterocycles. The van der Waals surface area contributed by atoms with Gasteiger partial charge in [0.15, 0.2) is 0 Å². The number of aromatic nitrogens is 1. The van der Waals surface area contributed by atoms with Crippen molar-refractivity contribution in [1.29, 1.82) is 0 Å². The van der Waals surface area contributed by atoms with Gasteiger partial charge in [-0.15, -0.1) is 0 Å². The number of nitrogens with one attached hydrogen (secondary N) is 1. The van der Waals surface area contributed by atoms with Gasteiger partial charge in [0.2, 0.25) is 0 Å². The summed E-state index contributed by atoms with van der Waals surface area (Å²) in [6, 6.07) is 16.4. The molecule has 1 heterocycles. The summed E-state index contributed by atoms with van der Waals surface area (Å²) in [7, 11) is 0. The molecule has 0 aliphatic carbocycles. The molecule has 0 spiro atoms. The highest BCUT2D eigenvalue weighted by Crippen LogP contribution is 2.27. The van der Waals surface area contributed by atoms with Crippen molar-refractivity contribution in [3.63, 3.8) is 0 Å². The van der Waals surface area contributed by atoms with Gasteiger partial charge in [-0.05, 0) is 40.8 Å². The van der Waals surface area contributed by atoms with E-state index in [4.69, 9.17) is 0 Å². The van der Waals surface area contributed by atoms with Gasteiger partial charge in [0.05, 0.1) is 5.39 Å². The second-order valence-electron chi connectivity index (χ2n) is 7.12. The minimum absolute atomic E-state index is 0.0114. The predicted octanol–water partition coefficient (Wildman–Crippen LogP) is 6.16. The smallest absolute Gasteiger partial charge is 0.256 e.